The van der Waals surface area contributed by atoms with Crippen LogP contribution in [0, 0.1) is 6.57 Å². The minimum absolute atomic E-state index is 0.158. The highest BCUT2D eigenvalue weighted by Crippen LogP contribution is 2.31. The smallest absolute Gasteiger partial charge is 0.266 e. The van der Waals surface area contributed by atoms with Crippen molar-refractivity contribution in [3.05, 3.63) is 94.8 Å². The molecule has 134 valence electrons. The van der Waals surface area contributed by atoms with Crippen molar-refractivity contribution in [1.29, 1.82) is 0 Å². The van der Waals surface area contributed by atoms with Gasteiger partial charge in [0, 0.05) is 18.1 Å². The summed E-state index contributed by atoms with van der Waals surface area (Å²) >= 11 is 0. The quantitative estimate of drug-likeness (QED) is 0.399. The second-order valence-electron chi connectivity index (χ2n) is 6.61. The zero-order chi connectivity index (χ0) is 19.3. The van der Waals surface area contributed by atoms with Gasteiger partial charge >= 0.3 is 0 Å². The highest BCUT2D eigenvalue weighted by atomic mass is 16.3. The fourth-order valence-electron chi connectivity index (χ4n) is 3.74. The lowest BCUT2D eigenvalue weighted by Crippen LogP contribution is -2.20. The van der Waals surface area contributed by atoms with Crippen molar-refractivity contribution >= 4 is 27.6 Å². The van der Waals surface area contributed by atoms with E-state index in [1.165, 1.54) is 0 Å². The Morgan fingerprint density at radius 1 is 0.964 bits per heavy atom. The Balaban J connectivity index is 1.98. The summed E-state index contributed by atoms with van der Waals surface area (Å²) in [5.74, 6) is 0.531. The van der Waals surface area contributed by atoms with E-state index in [1.807, 2.05) is 49.5 Å². The average molecular weight is 365 g/mol. The number of nitrogens with zero attached hydrogens (tertiary/aromatic N) is 3. The molecule has 2 aromatic carbocycles. The van der Waals surface area contributed by atoms with Gasteiger partial charge in [-0.1, -0.05) is 30.3 Å². The lowest BCUT2D eigenvalue weighted by atomic mass is 10.1. The van der Waals surface area contributed by atoms with Crippen LogP contribution >= 0.6 is 0 Å². The molecular weight excluding hydrogens is 350 g/mol. The van der Waals surface area contributed by atoms with Crippen LogP contribution in [-0.2, 0) is 7.05 Å². The summed E-state index contributed by atoms with van der Waals surface area (Å²) in [6, 6.07) is 20.5. The Hall–Kier alpha value is -4.04. The van der Waals surface area contributed by atoms with Crippen LogP contribution in [-0.4, -0.2) is 9.13 Å². The third kappa shape index (κ3) is 2.22. The van der Waals surface area contributed by atoms with Gasteiger partial charge in [-0.25, -0.2) is 4.85 Å². The molecule has 5 aromatic rings. The van der Waals surface area contributed by atoms with Crippen molar-refractivity contribution in [2.45, 2.75) is 0 Å². The molecule has 0 amide bonds. The molecule has 0 radical (unpaired) electrons. The monoisotopic (exact) mass is 365 g/mol. The highest BCUT2D eigenvalue weighted by molar-refractivity contribution is 6.07. The number of furan rings is 1. The number of para-hydroxylation sites is 1. The number of rotatable bonds is 2. The van der Waals surface area contributed by atoms with Crippen LogP contribution in [0.1, 0.15) is 0 Å². The van der Waals surface area contributed by atoms with Crippen LogP contribution < -0.4 is 5.56 Å². The third-order valence-corrected chi connectivity index (χ3v) is 5.09. The molecule has 0 aliphatic carbocycles. The van der Waals surface area contributed by atoms with E-state index in [0.29, 0.717) is 22.7 Å². The minimum Gasteiger partial charge on any atom is -0.464 e. The number of aromatic nitrogens is 2. The number of fused-ring (bicyclic) bond motifs is 3. The predicted octanol–water partition coefficient (Wildman–Crippen LogP) is 5.29. The molecule has 0 N–H and O–H groups in total. The molecule has 0 saturated carbocycles. The van der Waals surface area contributed by atoms with E-state index in [4.69, 9.17) is 11.0 Å². The van der Waals surface area contributed by atoms with E-state index in [9.17, 15) is 4.79 Å². The number of hydrogen-bond acceptors (Lipinski definition) is 2. The summed E-state index contributed by atoms with van der Waals surface area (Å²) in [6.45, 7) is 7.17. The van der Waals surface area contributed by atoms with Crippen LogP contribution in [0.5, 0.6) is 0 Å². The zero-order valence-corrected chi connectivity index (χ0v) is 15.1. The molecule has 0 aliphatic heterocycles. The molecule has 0 spiro atoms. The maximum atomic E-state index is 13.5. The molecule has 0 atom stereocenters. The van der Waals surface area contributed by atoms with E-state index in [-0.39, 0.29) is 5.56 Å². The van der Waals surface area contributed by atoms with Crippen molar-refractivity contribution < 1.29 is 4.42 Å². The number of benzene rings is 2. The normalized spacial score (nSPS) is 11.1. The largest absolute Gasteiger partial charge is 0.464 e. The first-order chi connectivity index (χ1) is 13.7. The van der Waals surface area contributed by atoms with Gasteiger partial charge in [-0.3, -0.25) is 9.36 Å². The standard InChI is InChI=1S/C23H15N3O2/c1-24-15-9-11-16(12-10-15)26-22-17-6-3-4-7-19(17)25(2)20(22)14-18(23(26)27)21-8-5-13-28-21/h3-14H,2H3. The van der Waals surface area contributed by atoms with Gasteiger partial charge in [-0.15, -0.1) is 0 Å². The molecule has 0 bridgehead atoms. The second-order valence-corrected chi connectivity index (χ2v) is 6.61. The van der Waals surface area contributed by atoms with Gasteiger partial charge in [-0.05, 0) is 36.4 Å². The van der Waals surface area contributed by atoms with Crippen LogP contribution in [0.2, 0.25) is 0 Å². The molecule has 3 aromatic heterocycles. The van der Waals surface area contributed by atoms with Crippen molar-refractivity contribution in [2.24, 2.45) is 7.05 Å². The van der Waals surface area contributed by atoms with Gasteiger partial charge in [0.1, 0.15) is 5.76 Å². The average Bonchev–Trinajstić information content (AvgIpc) is 3.36. The first-order valence-corrected chi connectivity index (χ1v) is 8.84. The van der Waals surface area contributed by atoms with Gasteiger partial charge < -0.3 is 8.98 Å². The second kappa shape index (κ2) is 6.00. The molecule has 0 fully saturated rings. The molecule has 0 aliphatic rings. The fraction of sp³-hybridized carbons (Fsp3) is 0.0435. The van der Waals surface area contributed by atoms with Crippen LogP contribution in [0.4, 0.5) is 5.69 Å². The van der Waals surface area contributed by atoms with Crippen molar-refractivity contribution in [3.63, 3.8) is 0 Å². The molecule has 5 nitrogen and oxygen atoms in total. The first kappa shape index (κ1) is 16.2. The Bertz CT molecular complexity index is 1430. The first-order valence-electron chi connectivity index (χ1n) is 8.84. The van der Waals surface area contributed by atoms with E-state index in [1.54, 1.807) is 35.1 Å². The maximum absolute atomic E-state index is 13.5. The summed E-state index contributed by atoms with van der Waals surface area (Å²) < 4.78 is 9.32. The van der Waals surface area contributed by atoms with E-state index in [2.05, 4.69) is 9.41 Å². The van der Waals surface area contributed by atoms with Gasteiger partial charge in [0.25, 0.3) is 5.56 Å². The summed E-state index contributed by atoms with van der Waals surface area (Å²) in [4.78, 5) is 17.0. The van der Waals surface area contributed by atoms with E-state index in [0.717, 1.165) is 21.9 Å². The van der Waals surface area contributed by atoms with Gasteiger partial charge in [0.15, 0.2) is 5.69 Å². The van der Waals surface area contributed by atoms with Crippen molar-refractivity contribution in [1.82, 2.24) is 9.13 Å². The Labute approximate surface area is 160 Å². The van der Waals surface area contributed by atoms with Gasteiger partial charge in [0.05, 0.1) is 34.9 Å². The topological polar surface area (TPSA) is 44.4 Å². The Morgan fingerprint density at radius 2 is 1.75 bits per heavy atom. The summed E-state index contributed by atoms with van der Waals surface area (Å²) in [5.41, 5.74) is 4.41. The molecule has 0 unspecified atom stereocenters. The van der Waals surface area contributed by atoms with Crippen LogP contribution in [0.25, 0.3) is 43.8 Å². The maximum Gasteiger partial charge on any atom is 0.266 e. The number of hydrogen-bond donors (Lipinski definition) is 0. The van der Waals surface area contributed by atoms with Crippen molar-refractivity contribution in [3.8, 4) is 17.0 Å². The van der Waals surface area contributed by atoms with Gasteiger partial charge in [-0.2, -0.15) is 0 Å². The number of pyridine rings is 1. The van der Waals surface area contributed by atoms with Crippen LogP contribution in [0.3, 0.4) is 0 Å². The SMILES string of the molecule is [C-]#[N+]c1ccc(-n2c(=O)c(-c3ccco3)cc3c2c2ccccc2n3C)cc1. The highest BCUT2D eigenvalue weighted by Gasteiger charge is 2.19. The Kier molecular flexibility index (Phi) is 3.46. The van der Waals surface area contributed by atoms with E-state index < -0.39 is 0 Å². The Morgan fingerprint density at radius 3 is 2.46 bits per heavy atom. The molecule has 0 saturated heterocycles. The summed E-state index contributed by atoms with van der Waals surface area (Å²) in [7, 11) is 1.99. The molecule has 5 heteroatoms. The zero-order valence-electron chi connectivity index (χ0n) is 15.1. The lowest BCUT2D eigenvalue weighted by Gasteiger charge is -2.11. The molecule has 5 rings (SSSR count). The van der Waals surface area contributed by atoms with E-state index >= 15 is 0 Å². The summed E-state index contributed by atoms with van der Waals surface area (Å²) in [6.07, 6.45) is 1.56. The fourth-order valence-corrected chi connectivity index (χ4v) is 3.74. The van der Waals surface area contributed by atoms with Crippen LogP contribution in [0.15, 0.2) is 82.2 Å². The van der Waals surface area contributed by atoms with Crippen molar-refractivity contribution in [2.75, 3.05) is 0 Å². The minimum atomic E-state index is -0.158. The number of aryl methyl sites for hydroxylation is 1. The predicted molar refractivity (Wildman–Crippen MR) is 110 cm³/mol. The third-order valence-electron chi connectivity index (χ3n) is 5.09. The lowest BCUT2D eigenvalue weighted by molar-refractivity contribution is 0.581. The molecular formula is C23H15N3O2. The van der Waals surface area contributed by atoms with Gasteiger partial charge in [0.2, 0.25) is 0 Å². The molecule has 28 heavy (non-hydrogen) atoms. The summed E-state index contributed by atoms with van der Waals surface area (Å²) in [5, 5.41) is 0.998. The molecule has 3 heterocycles.